The quantitative estimate of drug-likeness (QED) is 0.532. The summed E-state index contributed by atoms with van der Waals surface area (Å²) in [5, 5.41) is 3.95. The molecule has 2 atom stereocenters. The van der Waals surface area contributed by atoms with Crippen LogP contribution in [0.3, 0.4) is 0 Å². The van der Waals surface area contributed by atoms with Gasteiger partial charge in [-0.2, -0.15) is 0 Å². The first-order valence-corrected chi connectivity index (χ1v) is 12.5. The smallest absolute Gasteiger partial charge is 0.276 e. The summed E-state index contributed by atoms with van der Waals surface area (Å²) in [6.45, 7) is 6.02. The second kappa shape index (κ2) is 9.79. The van der Waals surface area contributed by atoms with Gasteiger partial charge in [-0.15, -0.1) is 0 Å². The number of likely N-dealkylation sites (tertiary alicyclic amines) is 1. The number of hydrogen-bond acceptors (Lipinski definition) is 7. The Morgan fingerprint density at radius 2 is 1.94 bits per heavy atom. The topological polar surface area (TPSA) is 113 Å². The molecule has 1 aromatic carbocycles. The van der Waals surface area contributed by atoms with Crippen molar-refractivity contribution < 1.29 is 4.79 Å². The zero-order valence-electron chi connectivity index (χ0n) is 20.6. The van der Waals surface area contributed by atoms with Gasteiger partial charge in [-0.1, -0.05) is 19.1 Å². The fraction of sp³-hybridized carbons (Fsp3) is 0.444. The Kier molecular flexibility index (Phi) is 6.58. The van der Waals surface area contributed by atoms with Crippen LogP contribution in [0.2, 0.25) is 0 Å². The molecule has 0 unspecified atom stereocenters. The van der Waals surface area contributed by atoms with Crippen LogP contribution in [0.4, 0.5) is 17.1 Å². The average molecular weight is 474 g/mol. The summed E-state index contributed by atoms with van der Waals surface area (Å²) in [6, 6.07) is 10.2. The highest BCUT2D eigenvalue weighted by Gasteiger charge is 2.25. The first-order chi connectivity index (χ1) is 16.9. The maximum Gasteiger partial charge on any atom is 0.276 e. The SMILES string of the molecule is C[C@H]1C[C@@H](N)CN(c2ccncc2NC(=O)c2nc3cc(C4CCN(C)CC4)ccc3cc2N)C1. The number of nitrogens with zero attached hydrogens (tertiary/aromatic N) is 4. The molecule has 0 saturated carbocycles. The Hall–Kier alpha value is -3.23. The number of nitrogen functional groups attached to an aromatic ring is 1. The van der Waals surface area contributed by atoms with E-state index in [1.165, 1.54) is 5.56 Å². The minimum atomic E-state index is -0.335. The molecule has 0 bridgehead atoms. The fourth-order valence-electron chi connectivity index (χ4n) is 5.52. The van der Waals surface area contributed by atoms with Crippen LogP contribution < -0.4 is 21.7 Å². The number of carbonyl (C=O) groups excluding carboxylic acids is 1. The molecule has 2 aliphatic rings. The van der Waals surface area contributed by atoms with E-state index in [-0.39, 0.29) is 17.6 Å². The maximum atomic E-state index is 13.3. The predicted molar refractivity (Wildman–Crippen MR) is 142 cm³/mol. The number of benzene rings is 1. The number of nitrogens with one attached hydrogen (secondary N) is 1. The summed E-state index contributed by atoms with van der Waals surface area (Å²) in [5.41, 5.74) is 16.8. The molecule has 4 heterocycles. The molecule has 5 rings (SSSR count). The number of nitrogens with two attached hydrogens (primary N) is 2. The zero-order chi connectivity index (χ0) is 24.5. The number of aromatic nitrogens is 2. The lowest BCUT2D eigenvalue weighted by Crippen LogP contribution is -2.46. The third-order valence-electron chi connectivity index (χ3n) is 7.36. The molecule has 2 aromatic heterocycles. The molecule has 2 fully saturated rings. The average Bonchev–Trinajstić information content (AvgIpc) is 2.83. The molecule has 184 valence electrons. The molecule has 0 spiro atoms. The molecule has 5 N–H and O–H groups in total. The Morgan fingerprint density at radius 3 is 2.71 bits per heavy atom. The minimum Gasteiger partial charge on any atom is -0.397 e. The monoisotopic (exact) mass is 473 g/mol. The van der Waals surface area contributed by atoms with Crippen LogP contribution in [0.5, 0.6) is 0 Å². The Labute approximate surface area is 206 Å². The normalized spacial score (nSPS) is 21.9. The zero-order valence-corrected chi connectivity index (χ0v) is 20.6. The van der Waals surface area contributed by atoms with Crippen molar-refractivity contribution >= 4 is 33.9 Å². The standard InChI is InChI=1S/C27H35N7O/c1-17-11-21(28)16-34(15-17)25-5-8-30-14-24(25)32-27(35)26-22(29)12-20-4-3-19(13-23(20)31-26)18-6-9-33(2)10-7-18/h3-5,8,12-14,17-18,21H,6-7,9-11,15-16,28-29H2,1-2H3,(H,32,35)/t17-,21+/m0/s1. The molecule has 1 amide bonds. The van der Waals surface area contributed by atoms with Gasteiger partial charge in [-0.05, 0) is 75.0 Å². The van der Waals surface area contributed by atoms with Gasteiger partial charge in [-0.25, -0.2) is 4.98 Å². The van der Waals surface area contributed by atoms with Gasteiger partial charge in [0.2, 0.25) is 0 Å². The summed E-state index contributed by atoms with van der Waals surface area (Å²) in [4.78, 5) is 26.9. The van der Waals surface area contributed by atoms with Crippen LogP contribution in [-0.4, -0.2) is 60.0 Å². The number of piperidine rings is 2. The number of hydrogen-bond donors (Lipinski definition) is 3. The number of anilines is 3. The highest BCUT2D eigenvalue weighted by Crippen LogP contribution is 2.32. The van der Waals surface area contributed by atoms with Gasteiger partial charge >= 0.3 is 0 Å². The van der Waals surface area contributed by atoms with E-state index < -0.39 is 0 Å². The summed E-state index contributed by atoms with van der Waals surface area (Å²) in [6.07, 6.45) is 6.68. The first-order valence-electron chi connectivity index (χ1n) is 12.5. The van der Waals surface area contributed by atoms with Crippen LogP contribution in [0.1, 0.15) is 48.2 Å². The van der Waals surface area contributed by atoms with E-state index >= 15 is 0 Å². The van der Waals surface area contributed by atoms with Crippen molar-refractivity contribution in [1.82, 2.24) is 14.9 Å². The van der Waals surface area contributed by atoms with E-state index in [2.05, 4.69) is 52.3 Å². The van der Waals surface area contributed by atoms with Gasteiger partial charge in [0.15, 0.2) is 5.69 Å². The molecule has 0 radical (unpaired) electrons. The molecule has 2 aliphatic heterocycles. The van der Waals surface area contributed by atoms with Gasteiger partial charge < -0.3 is 26.6 Å². The lowest BCUT2D eigenvalue weighted by Gasteiger charge is -2.37. The third kappa shape index (κ3) is 5.09. The maximum absolute atomic E-state index is 13.3. The molecule has 8 heteroatoms. The molecule has 8 nitrogen and oxygen atoms in total. The van der Waals surface area contributed by atoms with Crippen molar-refractivity contribution in [3.05, 3.63) is 54.0 Å². The second-order valence-electron chi connectivity index (χ2n) is 10.3. The highest BCUT2D eigenvalue weighted by molar-refractivity contribution is 6.09. The molecule has 3 aromatic rings. The van der Waals surface area contributed by atoms with Crippen molar-refractivity contribution in [2.45, 2.75) is 38.1 Å². The van der Waals surface area contributed by atoms with Gasteiger partial charge in [0, 0.05) is 30.7 Å². The molecule has 0 aliphatic carbocycles. The van der Waals surface area contributed by atoms with Crippen molar-refractivity contribution in [3.8, 4) is 0 Å². The van der Waals surface area contributed by atoms with Crippen molar-refractivity contribution in [1.29, 1.82) is 0 Å². The van der Waals surface area contributed by atoms with Gasteiger partial charge in [0.1, 0.15) is 0 Å². The van der Waals surface area contributed by atoms with Crippen LogP contribution in [-0.2, 0) is 0 Å². The summed E-state index contributed by atoms with van der Waals surface area (Å²) < 4.78 is 0. The van der Waals surface area contributed by atoms with E-state index in [9.17, 15) is 4.79 Å². The van der Waals surface area contributed by atoms with E-state index in [1.807, 2.05) is 12.1 Å². The van der Waals surface area contributed by atoms with Crippen LogP contribution in [0, 0.1) is 5.92 Å². The van der Waals surface area contributed by atoms with E-state index in [0.717, 1.165) is 62.0 Å². The van der Waals surface area contributed by atoms with Gasteiger partial charge in [0.25, 0.3) is 5.91 Å². The Balaban J connectivity index is 1.41. The fourth-order valence-corrected chi connectivity index (χ4v) is 5.52. The lowest BCUT2D eigenvalue weighted by atomic mass is 9.89. The van der Waals surface area contributed by atoms with Crippen molar-refractivity contribution in [2.24, 2.45) is 11.7 Å². The Morgan fingerprint density at radius 1 is 1.14 bits per heavy atom. The summed E-state index contributed by atoms with van der Waals surface area (Å²) >= 11 is 0. The number of carbonyl (C=O) groups is 1. The van der Waals surface area contributed by atoms with Gasteiger partial charge in [0.05, 0.1) is 28.8 Å². The van der Waals surface area contributed by atoms with Crippen molar-refractivity contribution in [3.63, 3.8) is 0 Å². The summed E-state index contributed by atoms with van der Waals surface area (Å²) in [5.74, 6) is 0.660. The third-order valence-corrected chi connectivity index (χ3v) is 7.36. The van der Waals surface area contributed by atoms with E-state index in [0.29, 0.717) is 23.2 Å². The largest absolute Gasteiger partial charge is 0.397 e. The predicted octanol–water partition coefficient (Wildman–Crippen LogP) is 3.45. The minimum absolute atomic E-state index is 0.104. The molecular formula is C27H35N7O. The molecule has 2 saturated heterocycles. The number of pyridine rings is 2. The van der Waals surface area contributed by atoms with Crippen LogP contribution in [0.15, 0.2) is 42.7 Å². The first kappa shape index (κ1) is 23.5. The second-order valence-corrected chi connectivity index (χ2v) is 10.3. The van der Waals surface area contributed by atoms with Gasteiger partial charge in [-0.3, -0.25) is 9.78 Å². The van der Waals surface area contributed by atoms with E-state index in [1.54, 1.807) is 12.4 Å². The number of fused-ring (bicyclic) bond motifs is 1. The Bertz CT molecular complexity index is 1210. The summed E-state index contributed by atoms with van der Waals surface area (Å²) in [7, 11) is 2.17. The van der Waals surface area contributed by atoms with E-state index in [4.69, 9.17) is 16.5 Å². The number of rotatable bonds is 4. The lowest BCUT2D eigenvalue weighted by molar-refractivity contribution is 0.102. The number of amides is 1. The van der Waals surface area contributed by atoms with Crippen LogP contribution >= 0.6 is 0 Å². The highest BCUT2D eigenvalue weighted by atomic mass is 16.1. The molecule has 35 heavy (non-hydrogen) atoms. The van der Waals surface area contributed by atoms with Crippen molar-refractivity contribution in [2.75, 3.05) is 49.2 Å². The van der Waals surface area contributed by atoms with Crippen LogP contribution in [0.25, 0.3) is 10.9 Å². The molecular weight excluding hydrogens is 438 g/mol.